The van der Waals surface area contributed by atoms with Gasteiger partial charge in [0.25, 0.3) is 5.91 Å². The number of hydrogen-bond donors (Lipinski definition) is 2. The van der Waals surface area contributed by atoms with E-state index < -0.39 is 29.5 Å². The van der Waals surface area contributed by atoms with Crippen molar-refractivity contribution < 1.29 is 37.3 Å². The van der Waals surface area contributed by atoms with Crippen molar-refractivity contribution in [3.05, 3.63) is 82.4 Å². The zero-order chi connectivity index (χ0) is 24.5. The third kappa shape index (κ3) is 4.60. The van der Waals surface area contributed by atoms with Gasteiger partial charge in [0.05, 0.1) is 17.2 Å². The molecule has 0 spiro atoms. The largest absolute Gasteiger partial charge is 0.573 e. The Hall–Kier alpha value is -3.86. The summed E-state index contributed by atoms with van der Waals surface area (Å²) in [7, 11) is 0. The number of carbonyl (C=O) groups excluding carboxylic acids is 1. The average molecular weight is 494 g/mol. The van der Waals surface area contributed by atoms with Crippen LogP contribution in [0.3, 0.4) is 0 Å². The van der Waals surface area contributed by atoms with Crippen LogP contribution in [0, 0.1) is 0 Å². The smallest absolute Gasteiger partial charge is 0.491 e. The topological polar surface area (TPSA) is 111 Å². The first-order valence-electron chi connectivity index (χ1n) is 9.75. The molecule has 0 saturated carbocycles. The van der Waals surface area contributed by atoms with Crippen molar-refractivity contribution >= 4 is 23.5 Å². The molecule has 176 valence electrons. The van der Waals surface area contributed by atoms with Crippen LogP contribution in [0.5, 0.6) is 11.5 Å². The third-order valence-corrected chi connectivity index (χ3v) is 5.43. The van der Waals surface area contributed by atoms with E-state index in [1.807, 2.05) is 0 Å². The fraction of sp³-hybridized carbons (Fsp3) is 0.182. The molecule has 0 radical (unpaired) electrons. The lowest BCUT2D eigenvalue weighted by atomic mass is 9.81. The van der Waals surface area contributed by atoms with Crippen LogP contribution in [0.15, 0.2) is 54.9 Å². The van der Waals surface area contributed by atoms with Crippen molar-refractivity contribution in [1.29, 1.82) is 0 Å². The van der Waals surface area contributed by atoms with Crippen LogP contribution >= 0.6 is 11.6 Å². The molecule has 0 fully saturated rings. The highest BCUT2D eigenvalue weighted by Crippen LogP contribution is 2.43. The summed E-state index contributed by atoms with van der Waals surface area (Å²) in [6.07, 6.45) is -2.24. The molecule has 4 rings (SSSR count). The van der Waals surface area contributed by atoms with Crippen LogP contribution in [0.4, 0.5) is 13.2 Å². The van der Waals surface area contributed by atoms with Crippen molar-refractivity contribution in [1.82, 2.24) is 15.3 Å². The van der Waals surface area contributed by atoms with Crippen molar-refractivity contribution in [2.24, 2.45) is 0 Å². The van der Waals surface area contributed by atoms with E-state index in [0.717, 1.165) is 12.3 Å². The second kappa shape index (κ2) is 8.82. The number of hydrogen-bond acceptors (Lipinski definition) is 6. The molecule has 1 aliphatic heterocycles. The zero-order valence-corrected chi connectivity index (χ0v) is 17.9. The summed E-state index contributed by atoms with van der Waals surface area (Å²) in [4.78, 5) is 32.4. The van der Waals surface area contributed by atoms with Crippen molar-refractivity contribution in [3.63, 3.8) is 0 Å². The Morgan fingerprint density at radius 2 is 1.97 bits per heavy atom. The highest BCUT2D eigenvalue weighted by Gasteiger charge is 2.43. The quantitative estimate of drug-likeness (QED) is 0.548. The van der Waals surface area contributed by atoms with Gasteiger partial charge in [-0.1, -0.05) is 17.7 Å². The number of nitrogens with one attached hydrogen (secondary N) is 1. The molecule has 12 heteroatoms. The number of aromatic nitrogens is 2. The first-order valence-corrected chi connectivity index (χ1v) is 10.1. The summed E-state index contributed by atoms with van der Waals surface area (Å²) in [6.45, 7) is 0.156. The Bertz CT molecular complexity index is 1250. The lowest BCUT2D eigenvalue weighted by Gasteiger charge is -2.39. The molecule has 3 heterocycles. The first kappa shape index (κ1) is 23.3. The molecule has 3 aromatic rings. The molecule has 1 atom stereocenters. The number of ether oxygens (including phenoxy) is 2. The van der Waals surface area contributed by atoms with Crippen LogP contribution in [0.25, 0.3) is 0 Å². The molecular weight excluding hydrogens is 479 g/mol. The predicted molar refractivity (Wildman–Crippen MR) is 112 cm³/mol. The number of amides is 1. The number of nitrogens with zero attached hydrogens (tertiary/aromatic N) is 2. The Balaban J connectivity index is 1.78. The minimum atomic E-state index is -4.93. The Morgan fingerprint density at radius 1 is 1.18 bits per heavy atom. The molecule has 0 aliphatic carbocycles. The van der Waals surface area contributed by atoms with Gasteiger partial charge in [-0.3, -0.25) is 14.8 Å². The lowest BCUT2D eigenvalue weighted by Crippen LogP contribution is -2.50. The SMILES string of the molecule is O=C(O)c1ccc(C(=O)NC2(c3ccc(OC(F)(F)F)c(Cl)c3)CCOc3cccnc32)nc1. The number of pyridine rings is 2. The number of alkyl halides is 3. The summed E-state index contributed by atoms with van der Waals surface area (Å²) in [6, 6.07) is 9.41. The van der Waals surface area contributed by atoms with Crippen LogP contribution in [-0.4, -0.2) is 39.9 Å². The first-order chi connectivity index (χ1) is 16.1. The van der Waals surface area contributed by atoms with Gasteiger partial charge in [-0.25, -0.2) is 4.79 Å². The molecule has 0 saturated heterocycles. The molecule has 1 aliphatic rings. The number of carboxylic acid groups (broad SMARTS) is 1. The maximum Gasteiger partial charge on any atom is 0.573 e. The van der Waals surface area contributed by atoms with Crippen molar-refractivity contribution in [3.8, 4) is 11.5 Å². The van der Waals surface area contributed by atoms with E-state index in [2.05, 4.69) is 20.0 Å². The van der Waals surface area contributed by atoms with Gasteiger partial charge in [0.1, 0.15) is 28.4 Å². The van der Waals surface area contributed by atoms with Crippen LogP contribution < -0.4 is 14.8 Å². The summed E-state index contributed by atoms with van der Waals surface area (Å²) in [5.74, 6) is -2.09. The van der Waals surface area contributed by atoms with E-state index in [1.54, 1.807) is 12.1 Å². The third-order valence-electron chi connectivity index (χ3n) is 5.13. The van der Waals surface area contributed by atoms with Gasteiger partial charge in [-0.05, 0) is 42.0 Å². The average Bonchev–Trinajstić information content (AvgIpc) is 2.79. The monoisotopic (exact) mass is 493 g/mol. The Kier molecular flexibility index (Phi) is 6.05. The normalized spacial score (nSPS) is 17.3. The number of halogens is 4. The molecule has 34 heavy (non-hydrogen) atoms. The van der Waals surface area contributed by atoms with Gasteiger partial charge >= 0.3 is 12.3 Å². The molecule has 1 aromatic carbocycles. The predicted octanol–water partition coefficient (Wildman–Crippen LogP) is 4.18. The number of carbonyl (C=O) groups is 2. The van der Waals surface area contributed by atoms with Gasteiger partial charge in [0.2, 0.25) is 0 Å². The number of benzene rings is 1. The van der Waals surface area contributed by atoms with Gasteiger partial charge < -0.3 is 19.9 Å². The van der Waals surface area contributed by atoms with E-state index in [9.17, 15) is 22.8 Å². The fourth-order valence-electron chi connectivity index (χ4n) is 3.62. The van der Waals surface area contributed by atoms with Crippen LogP contribution in [0.2, 0.25) is 5.02 Å². The van der Waals surface area contributed by atoms with Crippen molar-refractivity contribution in [2.45, 2.75) is 18.3 Å². The standard InChI is InChI=1S/C22H15ClF3N3O5/c23-14-10-13(4-6-16(14)34-22(24,25)26)21(7-9-33-17-2-1-8-27-18(17)21)29-19(30)15-5-3-12(11-28-15)20(31)32/h1-6,8,10-11H,7,9H2,(H,29,30)(H,31,32). The maximum absolute atomic E-state index is 13.1. The fourth-order valence-corrected chi connectivity index (χ4v) is 3.84. The van der Waals surface area contributed by atoms with Crippen LogP contribution in [-0.2, 0) is 5.54 Å². The van der Waals surface area contributed by atoms with E-state index in [0.29, 0.717) is 17.0 Å². The van der Waals surface area contributed by atoms with Gasteiger partial charge in [0, 0.05) is 18.8 Å². The number of fused-ring (bicyclic) bond motifs is 1. The number of rotatable bonds is 5. The molecule has 2 aromatic heterocycles. The lowest BCUT2D eigenvalue weighted by molar-refractivity contribution is -0.274. The minimum Gasteiger partial charge on any atom is -0.491 e. The van der Waals surface area contributed by atoms with E-state index in [-0.39, 0.29) is 29.3 Å². The Labute approximate surface area is 195 Å². The molecule has 1 unspecified atom stereocenters. The van der Waals surface area contributed by atoms with Gasteiger partial charge in [-0.2, -0.15) is 0 Å². The Morgan fingerprint density at radius 3 is 2.62 bits per heavy atom. The number of aromatic carboxylic acids is 1. The van der Waals surface area contributed by atoms with Gasteiger partial charge in [-0.15, -0.1) is 13.2 Å². The second-order valence-corrected chi connectivity index (χ2v) is 7.65. The highest BCUT2D eigenvalue weighted by molar-refractivity contribution is 6.32. The summed E-state index contributed by atoms with van der Waals surface area (Å²) in [5.41, 5.74) is -0.851. The molecule has 8 nitrogen and oxygen atoms in total. The van der Waals surface area contributed by atoms with E-state index >= 15 is 0 Å². The van der Waals surface area contributed by atoms with E-state index in [4.69, 9.17) is 21.4 Å². The van der Waals surface area contributed by atoms with E-state index in [1.165, 1.54) is 30.5 Å². The molecule has 2 N–H and O–H groups in total. The van der Waals surface area contributed by atoms with Crippen molar-refractivity contribution in [2.75, 3.05) is 6.61 Å². The minimum absolute atomic E-state index is 0.0727. The summed E-state index contributed by atoms with van der Waals surface area (Å²) < 4.78 is 47.6. The maximum atomic E-state index is 13.1. The zero-order valence-electron chi connectivity index (χ0n) is 17.1. The molecule has 1 amide bonds. The second-order valence-electron chi connectivity index (χ2n) is 7.24. The summed E-state index contributed by atoms with van der Waals surface area (Å²) >= 11 is 6.09. The highest BCUT2D eigenvalue weighted by atomic mass is 35.5. The molecule has 0 bridgehead atoms. The summed E-state index contributed by atoms with van der Waals surface area (Å²) in [5, 5.41) is 11.6. The van der Waals surface area contributed by atoms with Gasteiger partial charge in [0.15, 0.2) is 0 Å². The van der Waals surface area contributed by atoms with Crippen LogP contribution in [0.1, 0.15) is 38.5 Å². The number of carboxylic acids is 1. The molecular formula is C22H15ClF3N3O5.